The summed E-state index contributed by atoms with van der Waals surface area (Å²) in [4.78, 5) is 2.04. The standard InChI is InChI=1S/C15H25ClN2O/c1-11(2)8-17-9-13-5-6-14(16)7-15(13)18(4)10-12(3)19/h5-7,11-12,17,19H,8-10H2,1-4H3. The summed E-state index contributed by atoms with van der Waals surface area (Å²) in [7, 11) is 1.98. The number of hydrogen-bond donors (Lipinski definition) is 2. The number of nitrogens with zero attached hydrogens (tertiary/aromatic N) is 1. The van der Waals surface area contributed by atoms with E-state index < -0.39 is 0 Å². The first kappa shape index (κ1) is 16.3. The average molecular weight is 285 g/mol. The Morgan fingerprint density at radius 3 is 2.58 bits per heavy atom. The lowest BCUT2D eigenvalue weighted by Crippen LogP contribution is -2.28. The van der Waals surface area contributed by atoms with E-state index in [1.807, 2.05) is 30.1 Å². The van der Waals surface area contributed by atoms with Gasteiger partial charge in [0.2, 0.25) is 0 Å². The van der Waals surface area contributed by atoms with Crippen molar-refractivity contribution in [1.29, 1.82) is 0 Å². The van der Waals surface area contributed by atoms with Gasteiger partial charge in [-0.15, -0.1) is 0 Å². The third kappa shape index (κ3) is 5.81. The van der Waals surface area contributed by atoms with E-state index in [1.54, 1.807) is 6.92 Å². The normalized spacial score (nSPS) is 12.8. The molecule has 0 aliphatic heterocycles. The number of aliphatic hydroxyl groups is 1. The van der Waals surface area contributed by atoms with Gasteiger partial charge >= 0.3 is 0 Å². The van der Waals surface area contributed by atoms with Crippen LogP contribution in [-0.2, 0) is 6.54 Å². The largest absolute Gasteiger partial charge is 0.392 e. The molecule has 0 aromatic heterocycles. The van der Waals surface area contributed by atoms with E-state index in [2.05, 4.69) is 19.2 Å². The Labute approximate surface area is 121 Å². The second-order valence-electron chi connectivity index (χ2n) is 5.53. The quantitative estimate of drug-likeness (QED) is 0.808. The lowest BCUT2D eigenvalue weighted by molar-refractivity contribution is 0.201. The van der Waals surface area contributed by atoms with Gasteiger partial charge in [0.25, 0.3) is 0 Å². The Balaban J connectivity index is 2.79. The molecule has 0 spiro atoms. The van der Waals surface area contributed by atoms with Crippen LogP contribution < -0.4 is 10.2 Å². The molecule has 4 heteroatoms. The second-order valence-corrected chi connectivity index (χ2v) is 5.96. The number of benzene rings is 1. The summed E-state index contributed by atoms with van der Waals surface area (Å²) in [6.45, 7) is 8.57. The van der Waals surface area contributed by atoms with E-state index in [0.29, 0.717) is 12.5 Å². The van der Waals surface area contributed by atoms with E-state index in [1.165, 1.54) is 5.56 Å². The van der Waals surface area contributed by atoms with Gasteiger partial charge < -0.3 is 15.3 Å². The molecule has 1 aromatic rings. The van der Waals surface area contributed by atoms with Crippen LogP contribution in [0.2, 0.25) is 5.02 Å². The minimum Gasteiger partial charge on any atom is -0.392 e. The van der Waals surface area contributed by atoms with Crippen LogP contribution in [0.1, 0.15) is 26.3 Å². The zero-order valence-corrected chi connectivity index (χ0v) is 13.0. The van der Waals surface area contributed by atoms with Crippen molar-refractivity contribution in [2.75, 3.05) is 25.0 Å². The summed E-state index contributed by atoms with van der Waals surface area (Å²) in [6, 6.07) is 5.91. The maximum Gasteiger partial charge on any atom is 0.0686 e. The molecule has 0 amide bonds. The van der Waals surface area contributed by atoms with Crippen LogP contribution in [0.4, 0.5) is 5.69 Å². The Kier molecular flexibility index (Phi) is 6.63. The van der Waals surface area contributed by atoms with Crippen molar-refractivity contribution in [1.82, 2.24) is 5.32 Å². The van der Waals surface area contributed by atoms with Gasteiger partial charge in [0.05, 0.1) is 6.10 Å². The molecule has 0 bridgehead atoms. The van der Waals surface area contributed by atoms with Crippen LogP contribution in [0, 0.1) is 5.92 Å². The van der Waals surface area contributed by atoms with Gasteiger partial charge in [0, 0.05) is 30.8 Å². The molecule has 0 heterocycles. The van der Waals surface area contributed by atoms with Crippen LogP contribution in [-0.4, -0.2) is 31.3 Å². The number of likely N-dealkylation sites (N-methyl/N-ethyl adjacent to an activating group) is 1. The molecular weight excluding hydrogens is 260 g/mol. The van der Waals surface area contributed by atoms with Crippen molar-refractivity contribution in [3.05, 3.63) is 28.8 Å². The molecule has 3 nitrogen and oxygen atoms in total. The number of rotatable bonds is 7. The van der Waals surface area contributed by atoms with Crippen molar-refractivity contribution in [3.8, 4) is 0 Å². The highest BCUT2D eigenvalue weighted by molar-refractivity contribution is 6.30. The van der Waals surface area contributed by atoms with E-state index in [4.69, 9.17) is 11.6 Å². The maximum atomic E-state index is 9.50. The Bertz CT molecular complexity index is 394. The lowest BCUT2D eigenvalue weighted by atomic mass is 10.1. The molecule has 0 aliphatic carbocycles. The van der Waals surface area contributed by atoms with Crippen molar-refractivity contribution in [2.24, 2.45) is 5.92 Å². The fraction of sp³-hybridized carbons (Fsp3) is 0.600. The number of anilines is 1. The zero-order chi connectivity index (χ0) is 14.4. The minimum absolute atomic E-state index is 0.361. The van der Waals surface area contributed by atoms with Gasteiger partial charge in [-0.3, -0.25) is 0 Å². The van der Waals surface area contributed by atoms with E-state index in [9.17, 15) is 5.11 Å². The fourth-order valence-corrected chi connectivity index (χ4v) is 2.20. The molecule has 0 radical (unpaired) electrons. The second kappa shape index (κ2) is 7.73. The van der Waals surface area contributed by atoms with Gasteiger partial charge in [-0.25, -0.2) is 0 Å². The summed E-state index contributed by atoms with van der Waals surface area (Å²) in [5, 5.41) is 13.7. The molecular formula is C15H25ClN2O. The summed E-state index contributed by atoms with van der Waals surface area (Å²) in [6.07, 6.45) is -0.361. The molecule has 0 fully saturated rings. The van der Waals surface area contributed by atoms with Gasteiger partial charge in [-0.05, 0) is 37.1 Å². The smallest absolute Gasteiger partial charge is 0.0686 e. The topological polar surface area (TPSA) is 35.5 Å². The first-order valence-electron chi connectivity index (χ1n) is 6.78. The van der Waals surface area contributed by atoms with E-state index in [-0.39, 0.29) is 6.10 Å². The third-order valence-corrected chi connectivity index (χ3v) is 3.10. The highest BCUT2D eigenvalue weighted by Gasteiger charge is 2.10. The molecule has 1 atom stereocenters. The first-order valence-corrected chi connectivity index (χ1v) is 7.16. The van der Waals surface area contributed by atoms with Crippen LogP contribution in [0.3, 0.4) is 0 Å². The SMILES string of the molecule is CC(C)CNCc1ccc(Cl)cc1N(C)CC(C)O. The van der Waals surface area contributed by atoms with Gasteiger partial charge in [-0.1, -0.05) is 31.5 Å². The predicted molar refractivity (Wildman–Crippen MR) is 82.9 cm³/mol. The highest BCUT2D eigenvalue weighted by Crippen LogP contribution is 2.24. The summed E-state index contributed by atoms with van der Waals surface area (Å²) in [5.41, 5.74) is 2.28. The Morgan fingerprint density at radius 2 is 2.00 bits per heavy atom. The average Bonchev–Trinajstić information content (AvgIpc) is 2.29. The molecule has 19 heavy (non-hydrogen) atoms. The fourth-order valence-electron chi connectivity index (χ4n) is 2.03. The van der Waals surface area contributed by atoms with Crippen LogP contribution in [0.15, 0.2) is 18.2 Å². The maximum absolute atomic E-state index is 9.50. The number of aliphatic hydroxyl groups excluding tert-OH is 1. The predicted octanol–water partition coefficient (Wildman–Crippen LogP) is 2.90. The molecule has 108 valence electrons. The van der Waals surface area contributed by atoms with Gasteiger partial charge in [0.1, 0.15) is 0 Å². The van der Waals surface area contributed by atoms with E-state index >= 15 is 0 Å². The minimum atomic E-state index is -0.361. The summed E-state index contributed by atoms with van der Waals surface area (Å²) >= 11 is 6.07. The van der Waals surface area contributed by atoms with Crippen molar-refractivity contribution < 1.29 is 5.11 Å². The molecule has 0 saturated heterocycles. The van der Waals surface area contributed by atoms with Crippen LogP contribution in [0.5, 0.6) is 0 Å². The molecule has 1 unspecified atom stereocenters. The molecule has 2 N–H and O–H groups in total. The number of halogens is 1. The van der Waals surface area contributed by atoms with Crippen molar-refractivity contribution in [3.63, 3.8) is 0 Å². The third-order valence-electron chi connectivity index (χ3n) is 2.86. The highest BCUT2D eigenvalue weighted by atomic mass is 35.5. The Hall–Kier alpha value is -0.770. The van der Waals surface area contributed by atoms with E-state index in [0.717, 1.165) is 23.8 Å². The van der Waals surface area contributed by atoms with Gasteiger partial charge in [-0.2, -0.15) is 0 Å². The van der Waals surface area contributed by atoms with Crippen molar-refractivity contribution >= 4 is 17.3 Å². The van der Waals surface area contributed by atoms with Crippen LogP contribution >= 0.6 is 11.6 Å². The molecule has 0 saturated carbocycles. The lowest BCUT2D eigenvalue weighted by Gasteiger charge is -2.24. The number of nitrogens with one attached hydrogen (secondary N) is 1. The Morgan fingerprint density at radius 1 is 1.32 bits per heavy atom. The summed E-state index contributed by atoms with van der Waals surface area (Å²) < 4.78 is 0. The molecule has 1 aromatic carbocycles. The summed E-state index contributed by atoms with van der Waals surface area (Å²) in [5.74, 6) is 0.631. The molecule has 0 aliphatic rings. The molecule has 1 rings (SSSR count). The first-order chi connectivity index (χ1) is 8.90. The van der Waals surface area contributed by atoms with Gasteiger partial charge in [0.15, 0.2) is 0 Å². The van der Waals surface area contributed by atoms with Crippen molar-refractivity contribution in [2.45, 2.75) is 33.4 Å². The monoisotopic (exact) mass is 284 g/mol. The van der Waals surface area contributed by atoms with Crippen LogP contribution in [0.25, 0.3) is 0 Å². The number of hydrogen-bond acceptors (Lipinski definition) is 3. The zero-order valence-electron chi connectivity index (χ0n) is 12.3.